The smallest absolute Gasteiger partial charge is 0.332 e. The molecule has 0 radical (unpaired) electrons. The number of aryl methyl sites for hydroxylation is 1. The average molecular weight is 268 g/mol. The number of nitro groups is 1. The van der Waals surface area contributed by atoms with E-state index in [0.717, 1.165) is 12.8 Å². The highest BCUT2D eigenvalue weighted by molar-refractivity contribution is 5.60. The normalized spacial score (nSPS) is 10.6. The standard InChI is InChI=1S/C11H20N6O2/c1-7(2)5-4-6-13-10-9(17(18)19)8(3)14-11(15-10)16-12/h7H,4-6,12H2,1-3H3,(H2,13,14,15,16). The van der Waals surface area contributed by atoms with Crippen molar-refractivity contribution in [3.8, 4) is 0 Å². The number of nitrogen functional groups attached to an aromatic ring is 1. The molecule has 106 valence electrons. The van der Waals surface area contributed by atoms with Crippen LogP contribution in [0.15, 0.2) is 0 Å². The fourth-order valence-corrected chi connectivity index (χ4v) is 1.69. The van der Waals surface area contributed by atoms with E-state index in [1.54, 1.807) is 6.92 Å². The summed E-state index contributed by atoms with van der Waals surface area (Å²) in [4.78, 5) is 18.4. The maximum Gasteiger partial charge on any atom is 0.332 e. The maximum absolute atomic E-state index is 11.0. The Morgan fingerprint density at radius 2 is 2.11 bits per heavy atom. The number of hydrogen-bond donors (Lipinski definition) is 3. The predicted octanol–water partition coefficient (Wildman–Crippen LogP) is 1.83. The molecule has 0 aliphatic heterocycles. The van der Waals surface area contributed by atoms with Gasteiger partial charge in [-0.2, -0.15) is 4.98 Å². The molecule has 0 aromatic carbocycles. The fraction of sp³-hybridized carbons (Fsp3) is 0.636. The van der Waals surface area contributed by atoms with Crippen molar-refractivity contribution >= 4 is 17.5 Å². The van der Waals surface area contributed by atoms with Crippen LogP contribution < -0.4 is 16.6 Å². The van der Waals surface area contributed by atoms with Gasteiger partial charge in [-0.25, -0.2) is 10.8 Å². The maximum atomic E-state index is 11.0. The molecule has 8 nitrogen and oxygen atoms in total. The highest BCUT2D eigenvalue weighted by Gasteiger charge is 2.21. The van der Waals surface area contributed by atoms with E-state index in [9.17, 15) is 10.1 Å². The van der Waals surface area contributed by atoms with Crippen molar-refractivity contribution in [2.24, 2.45) is 11.8 Å². The molecule has 4 N–H and O–H groups in total. The van der Waals surface area contributed by atoms with Crippen LogP contribution in [-0.4, -0.2) is 21.4 Å². The van der Waals surface area contributed by atoms with Crippen molar-refractivity contribution < 1.29 is 4.92 Å². The Labute approximate surface area is 111 Å². The molecular formula is C11H20N6O2. The first kappa shape index (κ1) is 15.1. The van der Waals surface area contributed by atoms with Crippen LogP contribution in [0.4, 0.5) is 17.5 Å². The molecule has 0 spiro atoms. The van der Waals surface area contributed by atoms with Crippen LogP contribution in [0.25, 0.3) is 0 Å². The Bertz CT molecular complexity index is 449. The number of anilines is 2. The SMILES string of the molecule is Cc1nc(NN)nc(NCCCC(C)C)c1[N+](=O)[O-]. The molecule has 0 saturated carbocycles. The van der Waals surface area contributed by atoms with Crippen LogP contribution in [0.3, 0.4) is 0 Å². The number of aromatic nitrogens is 2. The highest BCUT2D eigenvalue weighted by atomic mass is 16.6. The van der Waals surface area contributed by atoms with Gasteiger partial charge in [-0.15, -0.1) is 0 Å². The lowest BCUT2D eigenvalue weighted by atomic mass is 10.1. The summed E-state index contributed by atoms with van der Waals surface area (Å²) in [5.74, 6) is 6.20. The number of nitrogens with one attached hydrogen (secondary N) is 2. The number of nitrogens with zero attached hydrogens (tertiary/aromatic N) is 3. The zero-order valence-corrected chi connectivity index (χ0v) is 11.4. The Hall–Kier alpha value is -1.96. The van der Waals surface area contributed by atoms with Crippen molar-refractivity contribution in [1.82, 2.24) is 9.97 Å². The van der Waals surface area contributed by atoms with Crippen LogP contribution in [0.2, 0.25) is 0 Å². The molecule has 0 unspecified atom stereocenters. The van der Waals surface area contributed by atoms with Crippen molar-refractivity contribution in [1.29, 1.82) is 0 Å². The van der Waals surface area contributed by atoms with Crippen LogP contribution >= 0.6 is 0 Å². The van der Waals surface area contributed by atoms with Gasteiger partial charge < -0.3 is 5.32 Å². The molecule has 0 bridgehead atoms. The second kappa shape index (κ2) is 6.83. The quantitative estimate of drug-likeness (QED) is 0.298. The minimum absolute atomic E-state index is 0.108. The molecule has 0 aliphatic rings. The van der Waals surface area contributed by atoms with Crippen LogP contribution in [0.1, 0.15) is 32.4 Å². The van der Waals surface area contributed by atoms with Gasteiger partial charge in [-0.05, 0) is 25.7 Å². The monoisotopic (exact) mass is 268 g/mol. The second-order valence-electron chi connectivity index (χ2n) is 4.69. The van der Waals surface area contributed by atoms with Crippen molar-refractivity contribution in [2.75, 3.05) is 17.3 Å². The highest BCUT2D eigenvalue weighted by Crippen LogP contribution is 2.26. The Kier molecular flexibility index (Phi) is 5.43. The lowest BCUT2D eigenvalue weighted by molar-refractivity contribution is -0.385. The van der Waals surface area contributed by atoms with Crippen LogP contribution in [-0.2, 0) is 0 Å². The fourth-order valence-electron chi connectivity index (χ4n) is 1.69. The van der Waals surface area contributed by atoms with Crippen molar-refractivity contribution in [3.63, 3.8) is 0 Å². The zero-order valence-electron chi connectivity index (χ0n) is 11.4. The van der Waals surface area contributed by atoms with E-state index in [-0.39, 0.29) is 23.1 Å². The number of nitrogens with two attached hydrogens (primary N) is 1. The van der Waals surface area contributed by atoms with E-state index in [1.165, 1.54) is 0 Å². The van der Waals surface area contributed by atoms with E-state index < -0.39 is 4.92 Å². The Morgan fingerprint density at radius 1 is 1.42 bits per heavy atom. The van der Waals surface area contributed by atoms with Gasteiger partial charge in [0, 0.05) is 6.54 Å². The molecule has 0 amide bonds. The molecule has 0 saturated heterocycles. The average Bonchev–Trinajstić information content (AvgIpc) is 2.33. The summed E-state index contributed by atoms with van der Waals surface area (Å²) in [6.07, 6.45) is 1.97. The van der Waals surface area contributed by atoms with Gasteiger partial charge >= 0.3 is 5.69 Å². The molecule has 1 rings (SSSR count). The van der Waals surface area contributed by atoms with Crippen LogP contribution in [0, 0.1) is 23.0 Å². The molecule has 0 fully saturated rings. The minimum Gasteiger partial charge on any atom is -0.364 e. The number of rotatable bonds is 7. The van der Waals surface area contributed by atoms with Gasteiger partial charge in [0.2, 0.25) is 11.8 Å². The van der Waals surface area contributed by atoms with Gasteiger partial charge in [0.25, 0.3) is 0 Å². The van der Waals surface area contributed by atoms with Crippen LogP contribution in [0.5, 0.6) is 0 Å². The Balaban J connectivity index is 2.84. The molecule has 8 heteroatoms. The van der Waals surface area contributed by atoms with E-state index in [1.807, 2.05) is 0 Å². The predicted molar refractivity (Wildman–Crippen MR) is 73.8 cm³/mol. The second-order valence-corrected chi connectivity index (χ2v) is 4.69. The third-order valence-electron chi connectivity index (χ3n) is 2.62. The summed E-state index contributed by atoms with van der Waals surface area (Å²) >= 11 is 0. The van der Waals surface area contributed by atoms with E-state index >= 15 is 0 Å². The number of hydrazine groups is 1. The molecule has 1 heterocycles. The largest absolute Gasteiger partial charge is 0.364 e. The van der Waals surface area contributed by atoms with E-state index in [4.69, 9.17) is 5.84 Å². The van der Waals surface area contributed by atoms with Gasteiger partial charge in [-0.1, -0.05) is 13.8 Å². The van der Waals surface area contributed by atoms with E-state index in [0.29, 0.717) is 12.5 Å². The van der Waals surface area contributed by atoms with Gasteiger partial charge in [0.15, 0.2) is 0 Å². The third-order valence-corrected chi connectivity index (χ3v) is 2.62. The van der Waals surface area contributed by atoms with Gasteiger partial charge in [-0.3, -0.25) is 15.5 Å². The molecule has 0 aliphatic carbocycles. The summed E-state index contributed by atoms with van der Waals surface area (Å²) < 4.78 is 0. The van der Waals surface area contributed by atoms with Crippen molar-refractivity contribution in [2.45, 2.75) is 33.6 Å². The third kappa shape index (κ3) is 4.32. The molecular weight excluding hydrogens is 248 g/mol. The summed E-state index contributed by atoms with van der Waals surface area (Å²) in [7, 11) is 0. The summed E-state index contributed by atoms with van der Waals surface area (Å²) in [5.41, 5.74) is 2.47. The first-order valence-electron chi connectivity index (χ1n) is 6.19. The molecule has 1 aromatic heterocycles. The molecule has 19 heavy (non-hydrogen) atoms. The number of hydrogen-bond acceptors (Lipinski definition) is 7. The molecule has 0 atom stereocenters. The minimum atomic E-state index is -0.486. The van der Waals surface area contributed by atoms with Gasteiger partial charge in [0.05, 0.1) is 4.92 Å². The summed E-state index contributed by atoms with van der Waals surface area (Å²) in [6.45, 7) is 6.45. The van der Waals surface area contributed by atoms with Gasteiger partial charge in [0.1, 0.15) is 5.69 Å². The summed E-state index contributed by atoms with van der Waals surface area (Å²) in [5, 5.41) is 14.0. The molecule has 1 aromatic rings. The Morgan fingerprint density at radius 3 is 2.63 bits per heavy atom. The van der Waals surface area contributed by atoms with E-state index in [2.05, 4.69) is 34.6 Å². The lowest BCUT2D eigenvalue weighted by Gasteiger charge is -2.10. The lowest BCUT2D eigenvalue weighted by Crippen LogP contribution is -2.15. The first-order valence-corrected chi connectivity index (χ1v) is 6.19. The first-order chi connectivity index (χ1) is 8.95. The van der Waals surface area contributed by atoms with Crippen molar-refractivity contribution in [3.05, 3.63) is 15.8 Å². The summed E-state index contributed by atoms with van der Waals surface area (Å²) in [6, 6.07) is 0. The topological polar surface area (TPSA) is 119 Å². The zero-order chi connectivity index (χ0) is 14.4.